The molecule has 3 heterocycles. The van der Waals surface area contributed by atoms with Crippen LogP contribution in [0.3, 0.4) is 0 Å². The zero-order chi connectivity index (χ0) is 26.3. The van der Waals surface area contributed by atoms with Crippen LogP contribution in [0.2, 0.25) is 5.02 Å². The monoisotopic (exact) mass is 537 g/mol. The van der Waals surface area contributed by atoms with E-state index >= 15 is 0 Å². The number of carbonyl (C=O) groups excluding carboxylic acids is 2. The van der Waals surface area contributed by atoms with Crippen LogP contribution in [-0.2, 0) is 4.79 Å². The number of carbonyl (C=O) groups is 2. The third-order valence-corrected chi connectivity index (χ3v) is 8.94. The standard InChI is InChI=1S/C28H36ClN7O2/c1-34-23-17-31-27(33-24(23)36(20-6-2-3-7-20)18-28(10-11-28)26(34)38)32-22-9-8-19(16-21(22)29)25(37)30-12-15-35-13-4-5-14-35/h8-9,16-17,20H,2-7,10-15,18H2,1H3,(H,30,37)(H,31,32,33). The molecule has 4 aliphatic rings. The highest BCUT2D eigenvalue weighted by molar-refractivity contribution is 6.33. The molecule has 9 nitrogen and oxygen atoms in total. The number of hydrogen-bond acceptors (Lipinski definition) is 7. The number of amides is 2. The van der Waals surface area contributed by atoms with Crippen molar-refractivity contribution in [3.8, 4) is 0 Å². The highest BCUT2D eigenvalue weighted by atomic mass is 35.5. The average Bonchev–Trinajstić information content (AvgIpc) is 3.29. The lowest BCUT2D eigenvalue weighted by molar-refractivity contribution is -0.122. The van der Waals surface area contributed by atoms with Crippen LogP contribution in [0.25, 0.3) is 0 Å². The van der Waals surface area contributed by atoms with Crippen LogP contribution in [-0.4, -0.2) is 72.5 Å². The van der Waals surface area contributed by atoms with Crippen LogP contribution in [0.1, 0.15) is 61.7 Å². The Labute approximate surface area is 228 Å². The van der Waals surface area contributed by atoms with Crippen molar-refractivity contribution >= 4 is 46.6 Å². The molecule has 0 bridgehead atoms. The van der Waals surface area contributed by atoms with Crippen molar-refractivity contribution in [3.63, 3.8) is 0 Å². The first-order chi connectivity index (χ1) is 18.4. The molecule has 2 aliphatic heterocycles. The summed E-state index contributed by atoms with van der Waals surface area (Å²) in [4.78, 5) is 41.8. The summed E-state index contributed by atoms with van der Waals surface area (Å²) in [6.07, 6.45) is 10.7. The van der Waals surface area contributed by atoms with Gasteiger partial charge in [-0.3, -0.25) is 9.59 Å². The van der Waals surface area contributed by atoms with Gasteiger partial charge in [0, 0.05) is 38.3 Å². The molecule has 38 heavy (non-hydrogen) atoms. The molecule has 0 atom stereocenters. The van der Waals surface area contributed by atoms with Gasteiger partial charge in [0.05, 0.1) is 22.3 Å². The molecule has 2 aromatic rings. The Morgan fingerprint density at radius 3 is 2.63 bits per heavy atom. The zero-order valence-electron chi connectivity index (χ0n) is 22.0. The van der Waals surface area contributed by atoms with Gasteiger partial charge in [0.1, 0.15) is 5.69 Å². The van der Waals surface area contributed by atoms with Crippen molar-refractivity contribution < 1.29 is 9.59 Å². The first-order valence-corrected chi connectivity index (χ1v) is 14.3. The van der Waals surface area contributed by atoms with Crippen molar-refractivity contribution in [1.82, 2.24) is 20.2 Å². The van der Waals surface area contributed by atoms with Crippen molar-refractivity contribution in [2.24, 2.45) is 5.41 Å². The van der Waals surface area contributed by atoms with E-state index in [0.29, 0.717) is 41.4 Å². The van der Waals surface area contributed by atoms with Gasteiger partial charge in [-0.15, -0.1) is 0 Å². The van der Waals surface area contributed by atoms with Crippen LogP contribution >= 0.6 is 11.6 Å². The lowest BCUT2D eigenvalue weighted by Gasteiger charge is -2.31. The highest BCUT2D eigenvalue weighted by Gasteiger charge is 2.55. The molecule has 0 radical (unpaired) electrons. The zero-order valence-corrected chi connectivity index (χ0v) is 22.8. The number of aromatic nitrogens is 2. The quantitative estimate of drug-likeness (QED) is 0.546. The maximum atomic E-state index is 13.3. The number of halogens is 1. The fourth-order valence-electron chi connectivity index (χ4n) is 6.16. The van der Waals surface area contributed by atoms with Gasteiger partial charge < -0.3 is 25.3 Å². The molecule has 0 unspecified atom stereocenters. The summed E-state index contributed by atoms with van der Waals surface area (Å²) in [7, 11) is 1.83. The molecular formula is C28H36ClN7O2. The summed E-state index contributed by atoms with van der Waals surface area (Å²) in [6, 6.07) is 5.61. The Kier molecular flexibility index (Phi) is 6.90. The van der Waals surface area contributed by atoms with E-state index in [-0.39, 0.29) is 17.2 Å². The summed E-state index contributed by atoms with van der Waals surface area (Å²) >= 11 is 6.58. The second-order valence-corrected chi connectivity index (χ2v) is 11.6. The smallest absolute Gasteiger partial charge is 0.251 e. The number of benzene rings is 1. The van der Waals surface area contributed by atoms with Gasteiger partial charge in [-0.25, -0.2) is 4.98 Å². The molecule has 3 fully saturated rings. The maximum absolute atomic E-state index is 13.3. The maximum Gasteiger partial charge on any atom is 0.251 e. The predicted molar refractivity (Wildman–Crippen MR) is 149 cm³/mol. The van der Waals surface area contributed by atoms with E-state index in [1.165, 1.54) is 25.7 Å². The summed E-state index contributed by atoms with van der Waals surface area (Å²) in [5, 5.41) is 6.65. The van der Waals surface area contributed by atoms with E-state index in [9.17, 15) is 9.59 Å². The molecule has 1 aromatic carbocycles. The Hall–Kier alpha value is -2.91. The Morgan fingerprint density at radius 2 is 1.92 bits per heavy atom. The third kappa shape index (κ3) is 4.94. The van der Waals surface area contributed by atoms with Crippen LogP contribution < -0.4 is 20.4 Å². The van der Waals surface area contributed by atoms with Gasteiger partial charge in [0.15, 0.2) is 5.82 Å². The van der Waals surface area contributed by atoms with E-state index in [4.69, 9.17) is 16.6 Å². The largest absolute Gasteiger partial charge is 0.351 e. The van der Waals surface area contributed by atoms with E-state index in [1.54, 1.807) is 29.3 Å². The fraction of sp³-hybridized carbons (Fsp3) is 0.571. The van der Waals surface area contributed by atoms with Gasteiger partial charge in [0.2, 0.25) is 11.9 Å². The average molecular weight is 538 g/mol. The Morgan fingerprint density at radius 1 is 1.16 bits per heavy atom. The number of rotatable bonds is 7. The number of likely N-dealkylation sites (tertiary alicyclic amines) is 1. The van der Waals surface area contributed by atoms with E-state index in [2.05, 4.69) is 25.4 Å². The highest BCUT2D eigenvalue weighted by Crippen LogP contribution is 2.52. The van der Waals surface area contributed by atoms with E-state index in [1.807, 2.05) is 7.05 Å². The van der Waals surface area contributed by atoms with E-state index < -0.39 is 0 Å². The second kappa shape index (κ2) is 10.3. The van der Waals surface area contributed by atoms with Crippen molar-refractivity contribution in [2.75, 3.05) is 54.9 Å². The molecule has 1 aromatic heterocycles. The van der Waals surface area contributed by atoms with Crippen LogP contribution in [0.15, 0.2) is 24.4 Å². The molecule has 10 heteroatoms. The molecule has 6 rings (SSSR count). The summed E-state index contributed by atoms with van der Waals surface area (Å²) in [5.74, 6) is 1.26. The number of nitrogens with zero attached hydrogens (tertiary/aromatic N) is 5. The van der Waals surface area contributed by atoms with Crippen molar-refractivity contribution in [3.05, 3.63) is 35.0 Å². The first kappa shape index (κ1) is 25.4. The van der Waals surface area contributed by atoms with Gasteiger partial charge in [-0.1, -0.05) is 24.4 Å². The van der Waals surface area contributed by atoms with Gasteiger partial charge >= 0.3 is 0 Å². The van der Waals surface area contributed by atoms with E-state index in [0.717, 1.165) is 56.8 Å². The number of anilines is 4. The molecule has 2 N–H and O–H groups in total. The molecule has 2 aliphatic carbocycles. The van der Waals surface area contributed by atoms with Crippen LogP contribution in [0, 0.1) is 5.41 Å². The number of nitrogens with one attached hydrogen (secondary N) is 2. The molecule has 1 saturated heterocycles. The lowest BCUT2D eigenvalue weighted by Crippen LogP contribution is -2.41. The van der Waals surface area contributed by atoms with Crippen LogP contribution in [0.4, 0.5) is 23.1 Å². The van der Waals surface area contributed by atoms with Gasteiger partial charge in [0.25, 0.3) is 5.91 Å². The molecular weight excluding hydrogens is 502 g/mol. The van der Waals surface area contributed by atoms with Crippen LogP contribution in [0.5, 0.6) is 0 Å². The minimum absolute atomic E-state index is 0.132. The molecule has 2 saturated carbocycles. The first-order valence-electron chi connectivity index (χ1n) is 13.9. The van der Waals surface area contributed by atoms with Gasteiger partial charge in [-0.2, -0.15) is 4.98 Å². The molecule has 202 valence electrons. The summed E-state index contributed by atoms with van der Waals surface area (Å²) in [6.45, 7) is 4.42. The Bertz CT molecular complexity index is 1220. The van der Waals surface area contributed by atoms with Gasteiger partial charge in [-0.05, 0) is 69.8 Å². The normalized spacial score (nSPS) is 21.1. The summed E-state index contributed by atoms with van der Waals surface area (Å²) < 4.78 is 0. The Balaban J connectivity index is 1.19. The second-order valence-electron chi connectivity index (χ2n) is 11.2. The van der Waals surface area contributed by atoms with Crippen molar-refractivity contribution in [1.29, 1.82) is 0 Å². The summed E-state index contributed by atoms with van der Waals surface area (Å²) in [5.41, 5.74) is 1.61. The SMILES string of the molecule is CN1C(=O)C2(CC2)CN(C2CCCC2)c2nc(Nc3ccc(C(=O)NCCN4CCCC4)cc3Cl)ncc21. The minimum atomic E-state index is -0.292. The minimum Gasteiger partial charge on any atom is -0.351 e. The van der Waals surface area contributed by atoms with Crippen molar-refractivity contribution in [2.45, 2.75) is 57.4 Å². The topological polar surface area (TPSA) is 93.7 Å². The molecule has 1 spiro atoms. The number of hydrogen-bond donors (Lipinski definition) is 2. The lowest BCUT2D eigenvalue weighted by atomic mass is 10.0. The fourth-order valence-corrected chi connectivity index (χ4v) is 6.39. The number of fused-ring (bicyclic) bond motifs is 1. The predicted octanol–water partition coefficient (Wildman–Crippen LogP) is 4.20. The third-order valence-electron chi connectivity index (χ3n) is 8.62. The molecule has 2 amide bonds.